The van der Waals surface area contributed by atoms with Crippen LogP contribution in [0.3, 0.4) is 0 Å². The minimum absolute atomic E-state index is 0.319. The van der Waals surface area contributed by atoms with E-state index in [1.165, 1.54) is 11.1 Å². The molecule has 1 aliphatic heterocycles. The zero-order chi connectivity index (χ0) is 14.7. The number of aliphatic hydroxyl groups excluding tert-OH is 1. The molecule has 0 radical (unpaired) electrons. The number of piperidine rings is 1. The molecular weight excluding hydrogens is 262 g/mol. The number of nitrogens with zero attached hydrogens (tertiary/aromatic N) is 3. The minimum Gasteiger partial charge on any atom is -0.391 e. The topological polar surface area (TPSA) is 49.2 Å². The lowest BCUT2D eigenvalue weighted by molar-refractivity contribution is 0.0926. The Morgan fingerprint density at radius 3 is 2.86 bits per heavy atom. The number of hydrogen-bond donors (Lipinski definition) is 1. The van der Waals surface area contributed by atoms with Crippen molar-refractivity contribution in [3.8, 4) is 0 Å². The number of aliphatic hydroxyl groups is 1. The smallest absolute Gasteiger partial charge is 0.147 e. The highest BCUT2D eigenvalue weighted by molar-refractivity contribution is 5.36. The van der Waals surface area contributed by atoms with E-state index in [0.29, 0.717) is 12.5 Å². The predicted octanol–water partition coefficient (Wildman–Crippen LogP) is 2.21. The van der Waals surface area contributed by atoms with E-state index in [4.69, 9.17) is 0 Å². The Labute approximate surface area is 125 Å². The first-order valence-electron chi connectivity index (χ1n) is 7.47. The molecule has 2 atom stereocenters. The molecule has 0 spiro atoms. The fraction of sp³-hybridized carbons (Fsp3) is 0.412. The Hall–Kier alpha value is -1.94. The van der Waals surface area contributed by atoms with E-state index in [9.17, 15) is 5.11 Å². The van der Waals surface area contributed by atoms with Crippen LogP contribution in [0.1, 0.15) is 17.5 Å². The van der Waals surface area contributed by atoms with E-state index in [2.05, 4.69) is 46.1 Å². The zero-order valence-electron chi connectivity index (χ0n) is 12.3. The van der Waals surface area contributed by atoms with Crippen molar-refractivity contribution in [1.29, 1.82) is 0 Å². The number of benzene rings is 1. The molecule has 1 N–H and O–H groups in total. The molecule has 2 heterocycles. The van der Waals surface area contributed by atoms with E-state index in [-0.39, 0.29) is 6.10 Å². The second kappa shape index (κ2) is 6.22. The maximum absolute atomic E-state index is 10.5. The Morgan fingerprint density at radius 1 is 1.29 bits per heavy atom. The summed E-state index contributed by atoms with van der Waals surface area (Å²) in [5, 5.41) is 10.5. The van der Waals surface area contributed by atoms with Gasteiger partial charge < -0.3 is 10.0 Å². The Balaban J connectivity index is 1.65. The number of aryl methyl sites for hydroxylation is 1. The SMILES string of the molecule is Cc1ccccc1C[C@H]1CCN(c2cnccn2)C[C@@H]1O. The van der Waals surface area contributed by atoms with Crippen molar-refractivity contribution in [2.75, 3.05) is 18.0 Å². The van der Waals surface area contributed by atoms with Gasteiger partial charge in [-0.3, -0.25) is 4.98 Å². The van der Waals surface area contributed by atoms with Crippen LogP contribution >= 0.6 is 0 Å². The van der Waals surface area contributed by atoms with Crippen molar-refractivity contribution in [2.45, 2.75) is 25.9 Å². The van der Waals surface area contributed by atoms with Crippen molar-refractivity contribution < 1.29 is 5.11 Å². The van der Waals surface area contributed by atoms with Crippen molar-refractivity contribution in [3.05, 3.63) is 54.0 Å². The fourth-order valence-electron chi connectivity index (χ4n) is 3.00. The average molecular weight is 283 g/mol. The molecule has 1 aromatic heterocycles. The van der Waals surface area contributed by atoms with Crippen molar-refractivity contribution in [2.24, 2.45) is 5.92 Å². The van der Waals surface area contributed by atoms with Gasteiger partial charge in [-0.25, -0.2) is 4.98 Å². The van der Waals surface area contributed by atoms with E-state index in [1.54, 1.807) is 18.6 Å². The van der Waals surface area contributed by atoms with Gasteiger partial charge in [-0.2, -0.15) is 0 Å². The first-order valence-corrected chi connectivity index (χ1v) is 7.47. The molecular formula is C17H21N3O. The van der Waals surface area contributed by atoms with Crippen LogP contribution in [-0.2, 0) is 6.42 Å². The highest BCUT2D eigenvalue weighted by Crippen LogP contribution is 2.25. The normalized spacial score (nSPS) is 22.3. The molecule has 1 fully saturated rings. The summed E-state index contributed by atoms with van der Waals surface area (Å²) in [6.45, 7) is 3.69. The molecule has 0 bridgehead atoms. The van der Waals surface area contributed by atoms with Gasteiger partial charge in [0, 0.05) is 25.5 Å². The van der Waals surface area contributed by atoms with Crippen LogP contribution in [0.4, 0.5) is 5.82 Å². The van der Waals surface area contributed by atoms with Crippen LogP contribution < -0.4 is 4.90 Å². The van der Waals surface area contributed by atoms with Gasteiger partial charge in [0.25, 0.3) is 0 Å². The summed E-state index contributed by atoms with van der Waals surface area (Å²) in [5.41, 5.74) is 2.65. The van der Waals surface area contributed by atoms with E-state index >= 15 is 0 Å². The van der Waals surface area contributed by atoms with Crippen molar-refractivity contribution in [3.63, 3.8) is 0 Å². The average Bonchev–Trinajstić information content (AvgIpc) is 2.52. The molecule has 0 unspecified atom stereocenters. The lowest BCUT2D eigenvalue weighted by Crippen LogP contribution is -2.45. The Kier molecular flexibility index (Phi) is 4.15. The highest BCUT2D eigenvalue weighted by atomic mass is 16.3. The lowest BCUT2D eigenvalue weighted by atomic mass is 9.86. The molecule has 4 heteroatoms. The summed E-state index contributed by atoms with van der Waals surface area (Å²) in [5.74, 6) is 1.17. The van der Waals surface area contributed by atoms with Crippen LogP contribution in [0.15, 0.2) is 42.9 Å². The summed E-state index contributed by atoms with van der Waals surface area (Å²) < 4.78 is 0. The largest absolute Gasteiger partial charge is 0.391 e. The maximum Gasteiger partial charge on any atom is 0.147 e. The van der Waals surface area contributed by atoms with Gasteiger partial charge >= 0.3 is 0 Å². The molecule has 0 amide bonds. The first kappa shape index (κ1) is 14.0. The zero-order valence-corrected chi connectivity index (χ0v) is 12.3. The molecule has 3 rings (SSSR count). The van der Waals surface area contributed by atoms with Gasteiger partial charge in [-0.15, -0.1) is 0 Å². The third-order valence-electron chi connectivity index (χ3n) is 4.34. The van der Waals surface area contributed by atoms with Gasteiger partial charge in [-0.1, -0.05) is 24.3 Å². The summed E-state index contributed by atoms with van der Waals surface area (Å²) >= 11 is 0. The number of anilines is 1. The highest BCUT2D eigenvalue weighted by Gasteiger charge is 2.28. The van der Waals surface area contributed by atoms with Gasteiger partial charge in [0.05, 0.1) is 12.3 Å². The molecule has 1 saturated heterocycles. The van der Waals surface area contributed by atoms with Crippen LogP contribution in [-0.4, -0.2) is 34.3 Å². The second-order valence-corrected chi connectivity index (χ2v) is 5.76. The molecule has 110 valence electrons. The third-order valence-corrected chi connectivity index (χ3v) is 4.34. The van der Waals surface area contributed by atoms with E-state index in [0.717, 1.165) is 25.2 Å². The summed E-state index contributed by atoms with van der Waals surface area (Å²) in [6, 6.07) is 8.43. The minimum atomic E-state index is -0.319. The predicted molar refractivity (Wildman–Crippen MR) is 83.2 cm³/mol. The Morgan fingerprint density at radius 2 is 2.14 bits per heavy atom. The third kappa shape index (κ3) is 3.22. The number of hydrogen-bond acceptors (Lipinski definition) is 4. The number of aromatic nitrogens is 2. The standard InChI is InChI=1S/C17H21N3O/c1-13-4-2-3-5-14(13)10-15-6-9-20(12-16(15)21)17-11-18-7-8-19-17/h2-5,7-8,11,15-16,21H,6,9-10,12H2,1H3/t15-,16+/m1/s1. The van der Waals surface area contributed by atoms with Crippen molar-refractivity contribution in [1.82, 2.24) is 9.97 Å². The van der Waals surface area contributed by atoms with E-state index < -0.39 is 0 Å². The summed E-state index contributed by atoms with van der Waals surface area (Å²) in [7, 11) is 0. The quantitative estimate of drug-likeness (QED) is 0.938. The fourth-order valence-corrected chi connectivity index (χ4v) is 3.00. The van der Waals surface area contributed by atoms with Crippen molar-refractivity contribution >= 4 is 5.82 Å². The molecule has 2 aromatic rings. The molecule has 4 nitrogen and oxygen atoms in total. The molecule has 21 heavy (non-hydrogen) atoms. The molecule has 0 saturated carbocycles. The summed E-state index contributed by atoms with van der Waals surface area (Å²) in [6.07, 6.45) is 6.73. The summed E-state index contributed by atoms with van der Waals surface area (Å²) in [4.78, 5) is 10.5. The van der Waals surface area contributed by atoms with Crippen LogP contribution in [0.5, 0.6) is 0 Å². The Bertz CT molecular complexity index is 588. The van der Waals surface area contributed by atoms with Gasteiger partial charge in [0.15, 0.2) is 0 Å². The van der Waals surface area contributed by atoms with E-state index in [1.807, 2.05) is 0 Å². The molecule has 0 aliphatic carbocycles. The van der Waals surface area contributed by atoms with Gasteiger partial charge in [0.1, 0.15) is 5.82 Å². The molecule has 1 aromatic carbocycles. The molecule has 1 aliphatic rings. The number of β-amino-alcohol motifs (C(OH)–C–C–N with tert-alkyl or cyclic N) is 1. The van der Waals surface area contributed by atoms with Gasteiger partial charge in [0.2, 0.25) is 0 Å². The first-order chi connectivity index (χ1) is 10.2. The lowest BCUT2D eigenvalue weighted by Gasteiger charge is -2.36. The second-order valence-electron chi connectivity index (χ2n) is 5.76. The maximum atomic E-state index is 10.5. The van der Waals surface area contributed by atoms with Gasteiger partial charge in [-0.05, 0) is 36.8 Å². The van der Waals surface area contributed by atoms with Crippen LogP contribution in [0.2, 0.25) is 0 Å². The number of rotatable bonds is 3. The van der Waals surface area contributed by atoms with Crippen LogP contribution in [0.25, 0.3) is 0 Å². The monoisotopic (exact) mass is 283 g/mol. The van der Waals surface area contributed by atoms with Crippen LogP contribution in [0, 0.1) is 12.8 Å².